The molecule has 2 aliphatic heterocycles. The van der Waals surface area contributed by atoms with Crippen LogP contribution in [-0.4, -0.2) is 59.0 Å². The van der Waals surface area contributed by atoms with Crippen molar-refractivity contribution in [1.29, 1.82) is 0 Å². The third-order valence-corrected chi connectivity index (χ3v) is 5.02. The van der Waals surface area contributed by atoms with Crippen LogP contribution in [0.15, 0.2) is 12.1 Å². The van der Waals surface area contributed by atoms with Crippen molar-refractivity contribution in [1.82, 2.24) is 10.6 Å². The van der Waals surface area contributed by atoms with Crippen LogP contribution < -0.4 is 20.0 Å². The number of amides is 1. The molecule has 1 amide bonds. The average molecular weight is 393 g/mol. The van der Waals surface area contributed by atoms with Gasteiger partial charge in [-0.25, -0.2) is 4.79 Å². The van der Waals surface area contributed by atoms with Crippen molar-refractivity contribution in [2.75, 3.05) is 13.1 Å². The molecule has 1 fully saturated rings. The summed E-state index contributed by atoms with van der Waals surface area (Å²) >= 11 is 0. The Kier molecular flexibility index (Phi) is 6.12. The van der Waals surface area contributed by atoms with Crippen LogP contribution in [0, 0.1) is 0 Å². The molecule has 1 aromatic rings. The second kappa shape index (κ2) is 8.38. The number of carboxylic acids is 1. The maximum absolute atomic E-state index is 12.0. The Balaban J connectivity index is 1.64. The van der Waals surface area contributed by atoms with Crippen LogP contribution in [0.3, 0.4) is 0 Å². The lowest BCUT2D eigenvalue weighted by molar-refractivity contribution is -0.121. The van der Waals surface area contributed by atoms with E-state index in [1.165, 1.54) is 6.07 Å². The summed E-state index contributed by atoms with van der Waals surface area (Å²) in [6.07, 6.45) is 2.26. The molecular weight excluding hydrogens is 367 g/mol. The van der Waals surface area contributed by atoms with E-state index in [1.807, 2.05) is 0 Å². The van der Waals surface area contributed by atoms with Crippen LogP contribution in [-0.2, 0) is 11.2 Å². The Bertz CT molecular complexity index is 750. The minimum Gasteiger partial charge on any atom is -0.669 e. The van der Waals surface area contributed by atoms with Crippen LogP contribution in [0.25, 0.3) is 0 Å². The Morgan fingerprint density at radius 1 is 1.43 bits per heavy atom. The molecule has 0 aromatic heterocycles. The van der Waals surface area contributed by atoms with Gasteiger partial charge < -0.3 is 35.2 Å². The molecule has 2 atom stereocenters. The summed E-state index contributed by atoms with van der Waals surface area (Å²) in [5.41, 5.74) is 0.329. The number of hydrogen-bond acceptors (Lipinski definition) is 7. The molecule has 10 heteroatoms. The number of carbonyl (C=O) groups excluding carboxylic acids is 1. The first-order chi connectivity index (χ1) is 13.2. The van der Waals surface area contributed by atoms with Crippen LogP contribution in [0.4, 0.5) is 0 Å². The van der Waals surface area contributed by atoms with Gasteiger partial charge in [0.2, 0.25) is 5.91 Å². The molecule has 2 unspecified atom stereocenters. The second-order valence-electron chi connectivity index (χ2n) is 7.48. The van der Waals surface area contributed by atoms with E-state index in [0.717, 1.165) is 19.4 Å². The highest BCUT2D eigenvalue weighted by Gasteiger charge is 2.33. The number of carbonyl (C=O) groups is 2. The lowest BCUT2D eigenvalue weighted by Crippen LogP contribution is -2.45. The largest absolute Gasteiger partial charge is 0.669 e. The first kappa shape index (κ1) is 20.4. The number of rotatable bonds is 7. The monoisotopic (exact) mass is 393 g/mol. The summed E-state index contributed by atoms with van der Waals surface area (Å²) in [7, 11) is 0. The number of benzene rings is 1. The fraction of sp³-hybridized carbons (Fsp3) is 0.556. The molecule has 154 valence electrons. The number of nitrogens with one attached hydrogen (secondary N) is 2. The first-order valence-electron chi connectivity index (χ1n) is 9.60. The minimum absolute atomic E-state index is 0.00451. The van der Waals surface area contributed by atoms with E-state index in [0.29, 0.717) is 18.4 Å². The van der Waals surface area contributed by atoms with Crippen LogP contribution in [0.1, 0.15) is 42.1 Å². The van der Waals surface area contributed by atoms with E-state index in [9.17, 15) is 24.7 Å². The van der Waals surface area contributed by atoms with E-state index < -0.39 is 18.8 Å². The molecule has 9 nitrogen and oxygen atoms in total. The fourth-order valence-corrected chi connectivity index (χ4v) is 3.57. The van der Waals surface area contributed by atoms with Gasteiger partial charge in [0.1, 0.15) is 17.4 Å². The normalized spacial score (nSPS) is 21.3. The van der Waals surface area contributed by atoms with Crippen molar-refractivity contribution >= 4 is 18.6 Å². The molecule has 2 heterocycles. The van der Waals surface area contributed by atoms with Crippen molar-refractivity contribution in [3.8, 4) is 11.5 Å². The van der Waals surface area contributed by atoms with Gasteiger partial charge in [0, 0.05) is 12.5 Å². The quantitative estimate of drug-likeness (QED) is 0.417. The van der Waals surface area contributed by atoms with Crippen molar-refractivity contribution in [3.05, 3.63) is 23.3 Å². The van der Waals surface area contributed by atoms with Crippen molar-refractivity contribution < 1.29 is 34.1 Å². The summed E-state index contributed by atoms with van der Waals surface area (Å²) < 4.78 is 10.9. The Labute approximate surface area is 163 Å². The predicted molar refractivity (Wildman–Crippen MR) is 101 cm³/mol. The Hall–Kier alpha value is -2.30. The summed E-state index contributed by atoms with van der Waals surface area (Å²) in [5.74, 6) is -1.40. The third kappa shape index (κ3) is 4.95. The molecule has 0 aliphatic carbocycles. The maximum Gasteiger partial charge on any atom is 0.430 e. The zero-order valence-corrected chi connectivity index (χ0v) is 15.8. The van der Waals surface area contributed by atoms with Crippen LogP contribution in [0.2, 0.25) is 6.32 Å². The van der Waals surface area contributed by atoms with Gasteiger partial charge in [0.15, 0.2) is 0 Å². The smallest absolute Gasteiger partial charge is 0.430 e. The average Bonchev–Trinajstić information content (AvgIpc) is 3.11. The number of carboxylic acid groups (broad SMARTS) is 1. The van der Waals surface area contributed by atoms with Crippen molar-refractivity contribution in [3.63, 3.8) is 0 Å². The maximum atomic E-state index is 12.0. The van der Waals surface area contributed by atoms with Gasteiger partial charge >= 0.3 is 12.7 Å². The van der Waals surface area contributed by atoms with E-state index in [4.69, 9.17) is 9.39 Å². The number of fused-ring (bicyclic) bond motifs is 1. The molecule has 28 heavy (non-hydrogen) atoms. The number of hydrogen-bond donors (Lipinski definition) is 5. The molecular formula is C18H26BN2O7-. The van der Waals surface area contributed by atoms with E-state index >= 15 is 0 Å². The molecule has 1 saturated heterocycles. The summed E-state index contributed by atoms with van der Waals surface area (Å²) in [4.78, 5) is 23.8. The Morgan fingerprint density at radius 3 is 2.89 bits per heavy atom. The second-order valence-corrected chi connectivity index (χ2v) is 7.48. The number of aryl methyl sites for hydroxylation is 1. The van der Waals surface area contributed by atoms with E-state index in [-0.39, 0.29) is 41.9 Å². The first-order valence-corrected chi connectivity index (χ1v) is 9.60. The lowest BCUT2D eigenvalue weighted by atomic mass is 9.70. The highest BCUT2D eigenvalue weighted by atomic mass is 16.6. The van der Waals surface area contributed by atoms with Crippen LogP contribution >= 0.6 is 0 Å². The molecule has 3 rings (SSSR count). The standard InChI is InChI=1S/C18H26BN2O7/c1-11(10-21-15(22)9-13-3-2-8-20-13)27-14-5-4-12-6-7-19(25,26)28-17(12)16(14)18(23)24/h4-5,11,13,20,25-26H,2-3,6-10H2,1H3,(H,21,22)(H,23,24)/q-1. The summed E-state index contributed by atoms with van der Waals surface area (Å²) in [6.45, 7) is -0.224. The molecule has 0 saturated carbocycles. The zero-order chi connectivity index (χ0) is 20.3. The fourth-order valence-electron chi connectivity index (χ4n) is 3.57. The molecule has 1 aromatic carbocycles. The third-order valence-electron chi connectivity index (χ3n) is 5.02. The van der Waals surface area contributed by atoms with Gasteiger partial charge in [-0.3, -0.25) is 4.79 Å². The van der Waals surface area contributed by atoms with Gasteiger partial charge in [-0.1, -0.05) is 12.4 Å². The van der Waals surface area contributed by atoms with Crippen molar-refractivity contribution in [2.45, 2.75) is 51.1 Å². The topological polar surface area (TPSA) is 137 Å². The highest BCUT2D eigenvalue weighted by Crippen LogP contribution is 2.38. The highest BCUT2D eigenvalue weighted by molar-refractivity contribution is 6.59. The lowest BCUT2D eigenvalue weighted by Gasteiger charge is -2.37. The van der Waals surface area contributed by atoms with Gasteiger partial charge in [-0.05, 0) is 44.4 Å². The molecule has 0 radical (unpaired) electrons. The minimum atomic E-state index is -3.09. The van der Waals surface area contributed by atoms with Gasteiger partial charge in [-0.2, -0.15) is 0 Å². The molecule has 2 aliphatic rings. The predicted octanol–water partition coefficient (Wildman–Crippen LogP) is 0.269. The summed E-state index contributed by atoms with van der Waals surface area (Å²) in [6, 6.07) is 3.38. The van der Waals surface area contributed by atoms with Crippen molar-refractivity contribution in [2.24, 2.45) is 0 Å². The zero-order valence-electron chi connectivity index (χ0n) is 15.8. The van der Waals surface area contributed by atoms with Gasteiger partial charge in [0.25, 0.3) is 0 Å². The van der Waals surface area contributed by atoms with Gasteiger partial charge in [-0.15, -0.1) is 0 Å². The van der Waals surface area contributed by atoms with Gasteiger partial charge in [0.05, 0.1) is 12.3 Å². The SMILES string of the molecule is CC(CNC(=O)CC1CCCN1)Oc1ccc2c(c1C(=O)O)O[B-](O)(O)CC2. The molecule has 0 spiro atoms. The summed E-state index contributed by atoms with van der Waals surface area (Å²) in [5, 5.41) is 35.2. The molecule has 5 N–H and O–H groups in total. The van der Waals surface area contributed by atoms with Crippen LogP contribution in [0.5, 0.6) is 11.5 Å². The molecule has 0 bridgehead atoms. The van der Waals surface area contributed by atoms with E-state index in [2.05, 4.69) is 10.6 Å². The van der Waals surface area contributed by atoms with E-state index in [1.54, 1.807) is 13.0 Å². The number of ether oxygens (including phenoxy) is 1. The number of aromatic carboxylic acids is 1. The Morgan fingerprint density at radius 2 is 2.21 bits per heavy atom.